The van der Waals surface area contributed by atoms with Crippen LogP contribution in [0, 0.1) is 13.8 Å². The van der Waals surface area contributed by atoms with Crippen LogP contribution in [0.15, 0.2) is 52.7 Å². The highest BCUT2D eigenvalue weighted by molar-refractivity contribution is 6.25. The van der Waals surface area contributed by atoms with E-state index in [0.717, 1.165) is 45.1 Å². The molecule has 3 nitrogen and oxygen atoms in total. The van der Waals surface area contributed by atoms with Crippen LogP contribution < -0.4 is 5.73 Å². The molecule has 0 amide bonds. The molecule has 121 valence electrons. The first kappa shape index (κ1) is 16.3. The van der Waals surface area contributed by atoms with Crippen molar-refractivity contribution in [1.82, 2.24) is 4.48 Å². The Morgan fingerprint density at radius 2 is 1.79 bits per heavy atom. The summed E-state index contributed by atoms with van der Waals surface area (Å²) in [4.78, 5) is 4.69. The molecule has 2 N–H and O–H groups in total. The average molecular weight is 320 g/mol. The summed E-state index contributed by atoms with van der Waals surface area (Å²) in [6.07, 6.45) is 2.04. The molecule has 2 aromatic rings. The third kappa shape index (κ3) is 2.71. The van der Waals surface area contributed by atoms with Gasteiger partial charge in [0.2, 0.25) is 0 Å². The minimum absolute atomic E-state index is 0.611. The molecule has 1 radical (unpaired) electrons. The van der Waals surface area contributed by atoms with E-state index in [1.165, 1.54) is 0 Å². The summed E-state index contributed by atoms with van der Waals surface area (Å²) < 4.78 is 15.2. The molecular formula is C19H20BFN3. The van der Waals surface area contributed by atoms with E-state index in [-0.39, 0.29) is 0 Å². The molecule has 0 fully saturated rings. The summed E-state index contributed by atoms with van der Waals surface area (Å²) in [6, 6.07) is 9.61. The van der Waals surface area contributed by atoms with Gasteiger partial charge in [0, 0.05) is 28.4 Å². The van der Waals surface area contributed by atoms with Crippen LogP contribution in [0.25, 0.3) is 5.57 Å². The molecule has 0 atom stereocenters. The van der Waals surface area contributed by atoms with Crippen molar-refractivity contribution in [2.45, 2.75) is 27.7 Å². The molecule has 0 bridgehead atoms. The van der Waals surface area contributed by atoms with Crippen molar-refractivity contribution in [3.05, 3.63) is 70.2 Å². The van der Waals surface area contributed by atoms with Gasteiger partial charge in [-0.15, -0.1) is 0 Å². The third-order valence-corrected chi connectivity index (χ3v) is 4.28. The van der Waals surface area contributed by atoms with Gasteiger partial charge in [0.05, 0.1) is 5.70 Å². The number of nitrogens with two attached hydrogens (primary N) is 1. The number of aryl methyl sites for hydroxylation is 2. The minimum atomic E-state index is 0.611. The number of anilines is 1. The van der Waals surface area contributed by atoms with E-state index in [1.54, 1.807) is 4.48 Å². The molecule has 1 aliphatic heterocycles. The number of nitrogen functional groups attached to an aromatic ring is 1. The number of benzene rings is 1. The molecule has 24 heavy (non-hydrogen) atoms. The molecule has 0 unspecified atom stereocenters. The summed E-state index contributed by atoms with van der Waals surface area (Å²) in [7, 11) is 0.611. The van der Waals surface area contributed by atoms with Crippen LogP contribution >= 0.6 is 0 Å². The molecule has 1 aromatic carbocycles. The quantitative estimate of drug-likeness (QED) is 0.668. The van der Waals surface area contributed by atoms with Crippen LogP contribution in [0.5, 0.6) is 0 Å². The smallest absolute Gasteiger partial charge is 0.399 e. The number of aromatic nitrogens is 1. The SMILES string of the molecule is CC1=CC(C)=N/C1=C(/c1ccc(N)cc1)c1c(C)cc(C)n1[B]F. The molecule has 0 aliphatic carbocycles. The lowest BCUT2D eigenvalue weighted by atomic mass is 9.95. The van der Waals surface area contributed by atoms with Crippen LogP contribution in [0.2, 0.25) is 0 Å². The molecule has 2 heterocycles. The molecule has 1 aliphatic rings. The number of hydrogen-bond acceptors (Lipinski definition) is 2. The number of nitrogens with zero attached hydrogens (tertiary/aromatic N) is 2. The normalized spacial score (nSPS) is 16.0. The predicted octanol–water partition coefficient (Wildman–Crippen LogP) is 4.22. The van der Waals surface area contributed by atoms with E-state index in [0.29, 0.717) is 13.4 Å². The zero-order valence-corrected chi connectivity index (χ0v) is 14.4. The molecule has 1 aromatic heterocycles. The Labute approximate surface area is 142 Å². The van der Waals surface area contributed by atoms with Gasteiger partial charge in [-0.05, 0) is 68.7 Å². The lowest BCUT2D eigenvalue weighted by Gasteiger charge is -2.16. The highest BCUT2D eigenvalue weighted by Crippen LogP contribution is 2.36. The molecule has 3 rings (SSSR count). The van der Waals surface area contributed by atoms with E-state index in [9.17, 15) is 4.32 Å². The largest absolute Gasteiger partial charge is 0.495 e. The second-order valence-electron chi connectivity index (χ2n) is 6.21. The van der Waals surface area contributed by atoms with Crippen molar-refractivity contribution < 1.29 is 4.32 Å². The Bertz CT molecular complexity index is 886. The number of hydrogen-bond donors (Lipinski definition) is 1. The molecule has 0 saturated carbocycles. The van der Waals surface area contributed by atoms with E-state index in [4.69, 9.17) is 10.7 Å². The fourth-order valence-electron chi connectivity index (χ4n) is 3.23. The van der Waals surface area contributed by atoms with E-state index in [2.05, 4.69) is 0 Å². The first-order valence-corrected chi connectivity index (χ1v) is 7.89. The molecule has 0 saturated heterocycles. The van der Waals surface area contributed by atoms with Gasteiger partial charge in [0.25, 0.3) is 0 Å². The van der Waals surface area contributed by atoms with Gasteiger partial charge < -0.3 is 14.5 Å². The van der Waals surface area contributed by atoms with E-state index >= 15 is 0 Å². The lowest BCUT2D eigenvalue weighted by Crippen LogP contribution is -2.09. The molecular weight excluding hydrogens is 300 g/mol. The van der Waals surface area contributed by atoms with E-state index < -0.39 is 0 Å². The number of rotatable bonds is 3. The van der Waals surface area contributed by atoms with Crippen molar-refractivity contribution >= 4 is 24.7 Å². The van der Waals surface area contributed by atoms with Gasteiger partial charge in [-0.2, -0.15) is 0 Å². The summed E-state index contributed by atoms with van der Waals surface area (Å²) in [5, 5.41) is 0. The Balaban J connectivity index is 2.35. The summed E-state index contributed by atoms with van der Waals surface area (Å²) >= 11 is 0. The third-order valence-electron chi connectivity index (χ3n) is 4.28. The number of aliphatic imine (C=N–C) groups is 1. The Morgan fingerprint density at radius 3 is 2.33 bits per heavy atom. The second kappa shape index (κ2) is 6.15. The fraction of sp³-hybridized carbons (Fsp3) is 0.211. The second-order valence-corrected chi connectivity index (χ2v) is 6.21. The highest BCUT2D eigenvalue weighted by atomic mass is 19.1. The van der Waals surface area contributed by atoms with Gasteiger partial charge >= 0.3 is 7.69 Å². The Kier molecular flexibility index (Phi) is 4.18. The van der Waals surface area contributed by atoms with E-state index in [1.807, 2.05) is 64.1 Å². The molecule has 0 spiro atoms. The molecule has 5 heteroatoms. The van der Waals surface area contributed by atoms with Gasteiger partial charge in [-0.3, -0.25) is 4.99 Å². The average Bonchev–Trinajstić information content (AvgIpc) is 3.00. The fourth-order valence-corrected chi connectivity index (χ4v) is 3.23. The Hall–Kier alpha value is -2.56. The van der Waals surface area contributed by atoms with Gasteiger partial charge in [0.15, 0.2) is 0 Å². The lowest BCUT2D eigenvalue weighted by molar-refractivity contribution is 0.824. The van der Waals surface area contributed by atoms with Crippen LogP contribution in [0.3, 0.4) is 0 Å². The Morgan fingerprint density at radius 1 is 1.12 bits per heavy atom. The topological polar surface area (TPSA) is 43.3 Å². The van der Waals surface area contributed by atoms with Crippen LogP contribution in [0.1, 0.15) is 36.4 Å². The van der Waals surface area contributed by atoms with Gasteiger partial charge in [0.1, 0.15) is 0 Å². The zero-order valence-electron chi connectivity index (χ0n) is 14.4. The van der Waals surface area contributed by atoms with Gasteiger partial charge in [-0.25, -0.2) is 0 Å². The van der Waals surface area contributed by atoms with Crippen LogP contribution in [-0.4, -0.2) is 17.9 Å². The number of allylic oxidation sites excluding steroid dienone is 2. The van der Waals surface area contributed by atoms with Crippen LogP contribution in [-0.2, 0) is 0 Å². The first-order chi connectivity index (χ1) is 11.4. The maximum Gasteiger partial charge on any atom is 0.495 e. The minimum Gasteiger partial charge on any atom is -0.399 e. The van der Waals surface area contributed by atoms with Crippen molar-refractivity contribution in [2.24, 2.45) is 4.99 Å². The highest BCUT2D eigenvalue weighted by Gasteiger charge is 2.22. The first-order valence-electron chi connectivity index (χ1n) is 7.89. The van der Waals surface area contributed by atoms with Crippen molar-refractivity contribution in [3.63, 3.8) is 0 Å². The van der Waals surface area contributed by atoms with Crippen LogP contribution in [0.4, 0.5) is 10.0 Å². The maximum atomic E-state index is 13.6. The maximum absolute atomic E-state index is 13.6. The zero-order chi connectivity index (χ0) is 17.4. The standard InChI is InChI=1S/C19H20BFN3/c1-11-9-13(3)23-18(11)17(15-5-7-16(22)8-6-15)19-12(2)10-14(4)24(19)20-21/h5-10H,22H2,1-4H3/b18-17-. The monoisotopic (exact) mass is 320 g/mol. The van der Waals surface area contributed by atoms with Crippen molar-refractivity contribution in [3.8, 4) is 0 Å². The summed E-state index contributed by atoms with van der Waals surface area (Å²) in [5.74, 6) is 0. The van der Waals surface area contributed by atoms with Crippen molar-refractivity contribution in [1.29, 1.82) is 0 Å². The number of halogens is 1. The van der Waals surface area contributed by atoms with Crippen molar-refractivity contribution in [2.75, 3.05) is 5.73 Å². The predicted molar refractivity (Wildman–Crippen MR) is 99.9 cm³/mol. The summed E-state index contributed by atoms with van der Waals surface area (Å²) in [5.41, 5.74) is 14.0. The summed E-state index contributed by atoms with van der Waals surface area (Å²) in [6.45, 7) is 7.88. The van der Waals surface area contributed by atoms with Gasteiger partial charge in [-0.1, -0.05) is 12.1 Å².